The van der Waals surface area contributed by atoms with Crippen LogP contribution in [-0.2, 0) is 22.4 Å². The molecule has 0 unspecified atom stereocenters. The normalized spacial score (nSPS) is 19.3. The maximum Gasteiger partial charge on any atom is 0.339 e. The number of amides is 1. The van der Waals surface area contributed by atoms with Crippen LogP contribution in [0.25, 0.3) is 10.9 Å². The summed E-state index contributed by atoms with van der Waals surface area (Å²) in [6.07, 6.45) is 5.17. The topological polar surface area (TPSA) is 64.0 Å². The van der Waals surface area contributed by atoms with Crippen molar-refractivity contribution in [1.29, 1.82) is 0 Å². The number of hydrogen-bond donors (Lipinski definition) is 0. The van der Waals surface area contributed by atoms with Crippen LogP contribution in [0.1, 0.15) is 64.6 Å². The number of nitrogens with zero attached hydrogens (tertiary/aromatic N) is 3. The Kier molecular flexibility index (Phi) is 7.69. The first-order chi connectivity index (χ1) is 19.0. The molecule has 0 saturated carbocycles. The average molecular weight is 548 g/mol. The highest BCUT2D eigenvalue weighted by Crippen LogP contribution is 2.39. The van der Waals surface area contributed by atoms with Crippen molar-refractivity contribution < 1.29 is 19.1 Å². The monoisotopic (exact) mass is 547 g/mol. The highest BCUT2D eigenvalue weighted by Gasteiger charge is 2.31. The Bertz CT molecular complexity index is 1370. The number of rotatable bonds is 5. The van der Waals surface area contributed by atoms with E-state index in [0.29, 0.717) is 17.5 Å². The van der Waals surface area contributed by atoms with Crippen LogP contribution in [0.15, 0.2) is 47.4 Å². The first-order valence-corrected chi connectivity index (χ1v) is 14.9. The molecule has 3 aliphatic rings. The molecule has 7 nitrogen and oxygen atoms in total. The van der Waals surface area contributed by atoms with Crippen LogP contribution >= 0.6 is 11.9 Å². The van der Waals surface area contributed by atoms with Gasteiger partial charge in [-0.15, -0.1) is 0 Å². The second kappa shape index (κ2) is 11.4. The lowest BCUT2D eigenvalue weighted by Gasteiger charge is -2.37. The van der Waals surface area contributed by atoms with Gasteiger partial charge >= 0.3 is 5.97 Å². The number of methoxy groups -OCH3 is 1. The van der Waals surface area contributed by atoms with Gasteiger partial charge in [0.2, 0.25) is 0 Å². The predicted octanol–water partition coefficient (Wildman–Crippen LogP) is 5.39. The molecule has 2 aromatic carbocycles. The molecule has 0 spiro atoms. The van der Waals surface area contributed by atoms with E-state index < -0.39 is 0 Å². The Balaban J connectivity index is 1.40. The van der Waals surface area contributed by atoms with Gasteiger partial charge in [-0.05, 0) is 79.4 Å². The molecule has 1 aromatic heterocycles. The number of ether oxygens (including phenoxy) is 2. The molecule has 0 N–H and O–H groups in total. The van der Waals surface area contributed by atoms with Crippen molar-refractivity contribution in [2.75, 3.05) is 40.0 Å². The lowest BCUT2D eigenvalue weighted by Crippen LogP contribution is -2.42. The second-order valence-electron chi connectivity index (χ2n) is 11.1. The van der Waals surface area contributed by atoms with Crippen molar-refractivity contribution in [3.8, 4) is 0 Å². The van der Waals surface area contributed by atoms with Crippen molar-refractivity contribution in [3.63, 3.8) is 0 Å². The predicted molar refractivity (Wildman–Crippen MR) is 153 cm³/mol. The van der Waals surface area contributed by atoms with E-state index in [1.54, 1.807) is 11.9 Å². The molecule has 8 heteroatoms. The number of carbonyl (C=O) groups excluding carboxylic acids is 2. The number of piperidine rings is 1. The number of benzene rings is 2. The Labute approximate surface area is 234 Å². The third-order valence-corrected chi connectivity index (χ3v) is 9.79. The first-order valence-electron chi connectivity index (χ1n) is 14.2. The number of hydrogen-bond acceptors (Lipinski definition) is 6. The summed E-state index contributed by atoms with van der Waals surface area (Å²) in [4.78, 5) is 31.5. The number of esters is 1. The van der Waals surface area contributed by atoms with Crippen molar-refractivity contribution in [2.45, 2.75) is 56.5 Å². The van der Waals surface area contributed by atoms with Crippen LogP contribution in [0.4, 0.5) is 0 Å². The number of fused-ring (bicyclic) bond motifs is 3. The number of carbonyl (C=O) groups is 2. The van der Waals surface area contributed by atoms with Gasteiger partial charge in [0.05, 0.1) is 18.2 Å². The summed E-state index contributed by atoms with van der Waals surface area (Å²) in [6, 6.07) is 14.3. The Morgan fingerprint density at radius 2 is 1.77 bits per heavy atom. The van der Waals surface area contributed by atoms with E-state index in [1.807, 2.05) is 35.2 Å². The van der Waals surface area contributed by atoms with Crippen LogP contribution in [0, 0.1) is 5.92 Å². The smallest absolute Gasteiger partial charge is 0.339 e. The van der Waals surface area contributed by atoms with E-state index in [9.17, 15) is 9.59 Å². The van der Waals surface area contributed by atoms with Crippen LogP contribution in [0.5, 0.6) is 0 Å². The second-order valence-corrected chi connectivity index (χ2v) is 12.1. The lowest BCUT2D eigenvalue weighted by atomic mass is 9.97. The van der Waals surface area contributed by atoms with E-state index >= 15 is 0 Å². The average Bonchev–Trinajstić information content (AvgIpc) is 3.29. The minimum Gasteiger partial charge on any atom is -0.465 e. The Morgan fingerprint density at radius 3 is 2.54 bits per heavy atom. The van der Waals surface area contributed by atoms with E-state index in [4.69, 9.17) is 9.47 Å². The third-order valence-electron chi connectivity index (χ3n) is 8.64. The van der Waals surface area contributed by atoms with Crippen LogP contribution < -0.4 is 0 Å². The molecule has 3 aliphatic heterocycles. The van der Waals surface area contributed by atoms with Gasteiger partial charge in [-0.3, -0.25) is 13.7 Å². The fraction of sp³-hybridized carbons (Fsp3) is 0.484. The fourth-order valence-corrected chi connectivity index (χ4v) is 7.41. The molecule has 2 saturated heterocycles. The zero-order chi connectivity index (χ0) is 26.9. The van der Waals surface area contributed by atoms with Gasteiger partial charge in [0, 0.05) is 73.4 Å². The summed E-state index contributed by atoms with van der Waals surface area (Å²) < 4.78 is 13.0. The van der Waals surface area contributed by atoms with Crippen LogP contribution in [0.3, 0.4) is 0 Å². The zero-order valence-electron chi connectivity index (χ0n) is 22.9. The zero-order valence-corrected chi connectivity index (χ0v) is 23.7. The highest BCUT2D eigenvalue weighted by molar-refractivity contribution is 7.98. The summed E-state index contributed by atoms with van der Waals surface area (Å²) in [5.41, 5.74) is 4.98. The molecular weight excluding hydrogens is 510 g/mol. The summed E-state index contributed by atoms with van der Waals surface area (Å²) in [5.74, 6) is 0.475. The Morgan fingerprint density at radius 1 is 1.00 bits per heavy atom. The van der Waals surface area contributed by atoms with Crippen LogP contribution in [0.2, 0.25) is 0 Å². The quantitative estimate of drug-likeness (QED) is 0.399. The molecule has 4 heterocycles. The molecule has 39 heavy (non-hydrogen) atoms. The maximum atomic E-state index is 13.5. The maximum absolute atomic E-state index is 13.5. The molecule has 3 aromatic rings. The van der Waals surface area contributed by atoms with Crippen molar-refractivity contribution in [3.05, 3.63) is 64.8 Å². The standard InChI is InChI=1S/C31H37N3O4S/c1-21-9-14-32(15-10-21)30(35)22-7-8-27-25(19-22)26-20-33(23-12-17-38-18-13-23)16-11-28(26)34(27)39-29-6-4-3-5-24(29)31(36)37-2/h3-8,19,21,23H,9-18,20H2,1-2H3. The molecule has 0 aliphatic carbocycles. The summed E-state index contributed by atoms with van der Waals surface area (Å²) in [6.45, 7) is 7.42. The fourth-order valence-electron chi connectivity index (χ4n) is 6.26. The van der Waals surface area contributed by atoms with Gasteiger partial charge in [0.25, 0.3) is 5.91 Å². The van der Waals surface area contributed by atoms with Crippen molar-refractivity contribution >= 4 is 34.7 Å². The third kappa shape index (κ3) is 5.22. The van der Waals surface area contributed by atoms with Crippen molar-refractivity contribution in [1.82, 2.24) is 13.8 Å². The molecule has 2 fully saturated rings. The van der Waals surface area contributed by atoms with E-state index in [1.165, 1.54) is 18.4 Å². The van der Waals surface area contributed by atoms with Crippen molar-refractivity contribution in [2.24, 2.45) is 5.92 Å². The molecule has 1 amide bonds. The summed E-state index contributed by atoms with van der Waals surface area (Å²) >= 11 is 1.57. The summed E-state index contributed by atoms with van der Waals surface area (Å²) in [5, 5.41) is 1.14. The van der Waals surface area contributed by atoms with E-state index in [2.05, 4.69) is 27.9 Å². The minimum absolute atomic E-state index is 0.131. The molecule has 0 atom stereocenters. The SMILES string of the molecule is COC(=O)c1ccccc1Sn1c2c(c3cc(C(=O)N4CCC(C)CC4)ccc31)CN(C1CCOCC1)CC2. The number of aromatic nitrogens is 1. The highest BCUT2D eigenvalue weighted by atomic mass is 32.2. The lowest BCUT2D eigenvalue weighted by molar-refractivity contribution is 0.0291. The molecule has 0 radical (unpaired) electrons. The van der Waals surface area contributed by atoms with Gasteiger partial charge in [-0.1, -0.05) is 19.1 Å². The molecular formula is C31H37N3O4S. The number of likely N-dealkylation sites (tertiary alicyclic amines) is 1. The van der Waals surface area contributed by atoms with E-state index in [0.717, 1.165) is 92.9 Å². The van der Waals surface area contributed by atoms with E-state index in [-0.39, 0.29) is 11.9 Å². The van der Waals surface area contributed by atoms with Gasteiger partial charge < -0.3 is 14.4 Å². The minimum atomic E-state index is -0.335. The summed E-state index contributed by atoms with van der Waals surface area (Å²) in [7, 11) is 1.42. The Hall–Kier alpha value is -2.81. The first kappa shape index (κ1) is 26.4. The van der Waals surface area contributed by atoms with Gasteiger partial charge in [-0.2, -0.15) is 0 Å². The van der Waals surface area contributed by atoms with Gasteiger partial charge in [0.15, 0.2) is 0 Å². The van der Waals surface area contributed by atoms with Gasteiger partial charge in [-0.25, -0.2) is 4.79 Å². The van der Waals surface area contributed by atoms with Crippen LogP contribution in [-0.4, -0.2) is 71.6 Å². The molecule has 206 valence electrons. The molecule has 6 rings (SSSR count). The van der Waals surface area contributed by atoms with Gasteiger partial charge in [0.1, 0.15) is 0 Å². The largest absolute Gasteiger partial charge is 0.465 e. The molecule has 0 bridgehead atoms.